The highest BCUT2D eigenvalue weighted by Gasteiger charge is 2.29. The molecule has 4 rings (SSSR count). The first-order valence-corrected chi connectivity index (χ1v) is 7.21. The van der Waals surface area contributed by atoms with Gasteiger partial charge in [0.25, 0.3) is 0 Å². The zero-order valence-electron chi connectivity index (χ0n) is 11.6. The maximum atomic E-state index is 13.1. The van der Waals surface area contributed by atoms with Crippen molar-refractivity contribution < 1.29 is 4.39 Å². The number of nitrogens with zero attached hydrogens (tertiary/aromatic N) is 2. The second-order valence-corrected chi connectivity index (χ2v) is 5.67. The van der Waals surface area contributed by atoms with Gasteiger partial charge in [-0.3, -0.25) is 0 Å². The molecule has 1 heterocycles. The average molecular weight is 281 g/mol. The number of imidazole rings is 1. The fourth-order valence-electron chi connectivity index (χ4n) is 2.78. The number of rotatable bonds is 3. The van der Waals surface area contributed by atoms with Gasteiger partial charge in [-0.15, -0.1) is 0 Å². The van der Waals surface area contributed by atoms with Crippen molar-refractivity contribution >= 4 is 16.7 Å². The Morgan fingerprint density at radius 2 is 1.90 bits per heavy atom. The Kier molecular flexibility index (Phi) is 2.70. The minimum absolute atomic E-state index is 0.207. The molecular weight excluding hydrogens is 265 g/mol. The molecule has 1 fully saturated rings. The fraction of sp³-hybridized carbons (Fsp3) is 0.235. The lowest BCUT2D eigenvalue weighted by molar-refractivity contribution is 0.626. The molecule has 1 saturated carbocycles. The van der Waals surface area contributed by atoms with Crippen LogP contribution in [0.15, 0.2) is 42.5 Å². The molecular formula is C17H16FN3. The first kappa shape index (κ1) is 12.4. The van der Waals surface area contributed by atoms with E-state index in [1.807, 2.05) is 30.3 Å². The number of fused-ring (bicyclic) bond motifs is 1. The minimum atomic E-state index is -0.207. The number of halogens is 1. The third-order valence-corrected chi connectivity index (χ3v) is 4.04. The normalized spacial score (nSPS) is 14.7. The van der Waals surface area contributed by atoms with Crippen molar-refractivity contribution in [1.82, 2.24) is 9.55 Å². The van der Waals surface area contributed by atoms with E-state index in [1.165, 1.54) is 25.0 Å². The SMILES string of the molecule is Nc1cccc2c1nc(C1CC1)n2Cc1ccc(F)cc1. The van der Waals surface area contributed by atoms with Crippen LogP contribution in [0.2, 0.25) is 0 Å². The molecule has 1 aromatic heterocycles. The lowest BCUT2D eigenvalue weighted by Crippen LogP contribution is -2.04. The van der Waals surface area contributed by atoms with Gasteiger partial charge in [-0.05, 0) is 42.7 Å². The van der Waals surface area contributed by atoms with Crippen LogP contribution in [0.25, 0.3) is 11.0 Å². The molecule has 4 heteroatoms. The van der Waals surface area contributed by atoms with Gasteiger partial charge in [0.2, 0.25) is 0 Å². The standard InChI is InChI=1S/C17H16FN3/c18-13-8-4-11(5-9-13)10-21-15-3-1-2-14(19)16(15)20-17(21)12-6-7-12/h1-5,8-9,12H,6-7,10,19H2. The molecule has 0 atom stereocenters. The summed E-state index contributed by atoms with van der Waals surface area (Å²) >= 11 is 0. The molecule has 0 bridgehead atoms. The second kappa shape index (κ2) is 4.58. The third kappa shape index (κ3) is 2.17. The highest BCUT2D eigenvalue weighted by atomic mass is 19.1. The Labute approximate surface area is 122 Å². The Bertz CT molecular complexity index is 801. The van der Waals surface area contributed by atoms with Gasteiger partial charge in [0.15, 0.2) is 0 Å². The largest absolute Gasteiger partial charge is 0.397 e. The van der Waals surface area contributed by atoms with E-state index < -0.39 is 0 Å². The van der Waals surface area contributed by atoms with Gasteiger partial charge in [-0.1, -0.05) is 18.2 Å². The van der Waals surface area contributed by atoms with Gasteiger partial charge in [0.1, 0.15) is 17.2 Å². The summed E-state index contributed by atoms with van der Waals surface area (Å²) in [5.74, 6) is 1.44. The Morgan fingerprint density at radius 1 is 1.14 bits per heavy atom. The predicted octanol–water partition coefficient (Wildman–Crippen LogP) is 3.68. The molecule has 3 nitrogen and oxygen atoms in total. The molecule has 2 aromatic carbocycles. The van der Waals surface area contributed by atoms with Gasteiger partial charge in [0, 0.05) is 12.5 Å². The summed E-state index contributed by atoms with van der Waals surface area (Å²) < 4.78 is 15.3. The van der Waals surface area contributed by atoms with Crippen LogP contribution in [0.1, 0.15) is 30.1 Å². The number of hydrogen-bond acceptors (Lipinski definition) is 2. The smallest absolute Gasteiger partial charge is 0.123 e. The van der Waals surface area contributed by atoms with Crippen molar-refractivity contribution in [2.24, 2.45) is 0 Å². The molecule has 2 N–H and O–H groups in total. The van der Waals surface area contributed by atoms with Crippen LogP contribution in [0, 0.1) is 5.82 Å². The lowest BCUT2D eigenvalue weighted by Gasteiger charge is -2.09. The van der Waals surface area contributed by atoms with E-state index in [0.717, 1.165) is 22.4 Å². The number of hydrogen-bond donors (Lipinski definition) is 1. The number of benzene rings is 2. The number of nitrogens with two attached hydrogens (primary N) is 1. The van der Waals surface area contributed by atoms with Gasteiger partial charge in [0.05, 0.1) is 11.2 Å². The van der Waals surface area contributed by atoms with Gasteiger partial charge in [-0.25, -0.2) is 9.37 Å². The van der Waals surface area contributed by atoms with Crippen LogP contribution in [0.4, 0.5) is 10.1 Å². The monoisotopic (exact) mass is 281 g/mol. The van der Waals surface area contributed by atoms with Crippen LogP contribution in [-0.2, 0) is 6.54 Å². The van der Waals surface area contributed by atoms with E-state index in [0.29, 0.717) is 18.2 Å². The molecule has 106 valence electrons. The van der Waals surface area contributed by atoms with Gasteiger partial charge >= 0.3 is 0 Å². The molecule has 0 spiro atoms. The van der Waals surface area contributed by atoms with E-state index >= 15 is 0 Å². The van der Waals surface area contributed by atoms with E-state index in [9.17, 15) is 4.39 Å². The Balaban J connectivity index is 1.84. The van der Waals surface area contributed by atoms with E-state index in [-0.39, 0.29) is 5.82 Å². The molecule has 3 aromatic rings. The van der Waals surface area contributed by atoms with Crippen LogP contribution < -0.4 is 5.73 Å². The molecule has 1 aliphatic carbocycles. The number of para-hydroxylation sites is 1. The molecule has 0 unspecified atom stereocenters. The van der Waals surface area contributed by atoms with E-state index in [1.54, 1.807) is 0 Å². The van der Waals surface area contributed by atoms with Crippen molar-refractivity contribution in [2.75, 3.05) is 5.73 Å². The maximum absolute atomic E-state index is 13.1. The van der Waals surface area contributed by atoms with E-state index in [4.69, 9.17) is 10.7 Å². The average Bonchev–Trinajstić information content (AvgIpc) is 3.26. The zero-order chi connectivity index (χ0) is 14.4. The second-order valence-electron chi connectivity index (χ2n) is 5.67. The van der Waals surface area contributed by atoms with Crippen LogP contribution in [-0.4, -0.2) is 9.55 Å². The fourth-order valence-corrected chi connectivity index (χ4v) is 2.78. The molecule has 21 heavy (non-hydrogen) atoms. The van der Waals surface area contributed by atoms with Crippen LogP contribution in [0.3, 0.4) is 0 Å². The first-order chi connectivity index (χ1) is 10.2. The van der Waals surface area contributed by atoms with Crippen LogP contribution >= 0.6 is 0 Å². The summed E-state index contributed by atoms with van der Waals surface area (Å²) in [4.78, 5) is 4.75. The summed E-state index contributed by atoms with van der Waals surface area (Å²) in [7, 11) is 0. The highest BCUT2D eigenvalue weighted by Crippen LogP contribution is 2.41. The molecule has 0 radical (unpaired) electrons. The van der Waals surface area contributed by atoms with Crippen molar-refractivity contribution in [1.29, 1.82) is 0 Å². The van der Waals surface area contributed by atoms with Crippen molar-refractivity contribution in [3.8, 4) is 0 Å². The van der Waals surface area contributed by atoms with E-state index in [2.05, 4.69) is 4.57 Å². The molecule has 0 amide bonds. The Hall–Kier alpha value is -2.36. The predicted molar refractivity (Wildman–Crippen MR) is 81.6 cm³/mol. The summed E-state index contributed by atoms with van der Waals surface area (Å²) in [5.41, 5.74) is 9.76. The highest BCUT2D eigenvalue weighted by molar-refractivity contribution is 5.87. The number of anilines is 1. The number of aromatic nitrogens is 2. The molecule has 0 aliphatic heterocycles. The maximum Gasteiger partial charge on any atom is 0.123 e. The van der Waals surface area contributed by atoms with Gasteiger partial charge in [-0.2, -0.15) is 0 Å². The van der Waals surface area contributed by atoms with Crippen molar-refractivity contribution in [3.05, 3.63) is 59.7 Å². The van der Waals surface area contributed by atoms with Crippen LogP contribution in [0.5, 0.6) is 0 Å². The van der Waals surface area contributed by atoms with Crippen molar-refractivity contribution in [2.45, 2.75) is 25.3 Å². The third-order valence-electron chi connectivity index (χ3n) is 4.04. The topological polar surface area (TPSA) is 43.8 Å². The van der Waals surface area contributed by atoms with Crippen molar-refractivity contribution in [3.63, 3.8) is 0 Å². The summed E-state index contributed by atoms with van der Waals surface area (Å²) in [5, 5.41) is 0. The lowest BCUT2D eigenvalue weighted by atomic mass is 10.2. The zero-order valence-corrected chi connectivity index (χ0v) is 11.6. The van der Waals surface area contributed by atoms with Gasteiger partial charge < -0.3 is 10.3 Å². The molecule has 0 saturated heterocycles. The summed E-state index contributed by atoms with van der Waals surface area (Å²) in [6, 6.07) is 12.5. The number of nitrogen functional groups attached to an aromatic ring is 1. The summed E-state index contributed by atoms with van der Waals surface area (Å²) in [6.07, 6.45) is 2.37. The Morgan fingerprint density at radius 3 is 2.62 bits per heavy atom. The molecule has 1 aliphatic rings. The quantitative estimate of drug-likeness (QED) is 0.744. The first-order valence-electron chi connectivity index (χ1n) is 7.21. The summed E-state index contributed by atoms with van der Waals surface area (Å²) in [6.45, 7) is 0.700. The minimum Gasteiger partial charge on any atom is -0.397 e.